The fourth-order valence-corrected chi connectivity index (χ4v) is 3.58. The van der Waals surface area contributed by atoms with Gasteiger partial charge in [0.15, 0.2) is 0 Å². The molecule has 130 valence electrons. The average Bonchev–Trinajstić information content (AvgIpc) is 3.05. The number of nitrogens with one attached hydrogen (secondary N) is 1. The Hall–Kier alpha value is -2.73. The van der Waals surface area contributed by atoms with Gasteiger partial charge in [-0.2, -0.15) is 0 Å². The highest BCUT2D eigenvalue weighted by Gasteiger charge is 2.25. The Morgan fingerprint density at radius 1 is 1.00 bits per heavy atom. The van der Waals surface area contributed by atoms with Crippen molar-refractivity contribution in [2.45, 2.75) is 20.8 Å². The van der Waals surface area contributed by atoms with Gasteiger partial charge in [0.25, 0.3) is 11.5 Å². The van der Waals surface area contributed by atoms with E-state index in [1.54, 1.807) is 13.0 Å². The van der Waals surface area contributed by atoms with E-state index >= 15 is 0 Å². The van der Waals surface area contributed by atoms with Crippen LogP contribution in [-0.4, -0.2) is 15.7 Å². The molecule has 4 rings (SSSR count). The lowest BCUT2D eigenvalue weighted by atomic mass is 10.0. The minimum absolute atomic E-state index is 0.253. The Morgan fingerprint density at radius 2 is 1.77 bits per heavy atom. The number of aromatic nitrogens is 2. The monoisotopic (exact) mass is 409 g/mol. The number of carbonyl (C=O) groups excluding carboxylic acids is 1. The number of carbonyl (C=O) groups is 1. The molecule has 0 radical (unpaired) electrons. The van der Waals surface area contributed by atoms with Crippen LogP contribution in [0.1, 0.15) is 22.4 Å². The Morgan fingerprint density at radius 3 is 2.50 bits per heavy atom. The third kappa shape index (κ3) is 2.49. The third-order valence-corrected chi connectivity index (χ3v) is 5.23. The van der Waals surface area contributed by atoms with E-state index in [9.17, 15) is 9.59 Å². The SMILES string of the molecule is Cc1ccc(-n2[nH]c(C)c(C3=c4cc(Br)ccc4=NC3=O)c2=O)cc1C. The van der Waals surface area contributed by atoms with Gasteiger partial charge in [-0.3, -0.25) is 14.7 Å². The minimum Gasteiger partial charge on any atom is -0.295 e. The second kappa shape index (κ2) is 5.92. The van der Waals surface area contributed by atoms with E-state index in [0.29, 0.717) is 27.4 Å². The number of fused-ring (bicyclic) bond motifs is 1. The van der Waals surface area contributed by atoms with Gasteiger partial charge in [-0.25, -0.2) is 9.67 Å². The molecule has 2 heterocycles. The average molecular weight is 410 g/mol. The Balaban J connectivity index is 2.01. The van der Waals surface area contributed by atoms with E-state index in [-0.39, 0.29) is 11.5 Å². The number of hydrogen-bond acceptors (Lipinski definition) is 2. The summed E-state index contributed by atoms with van der Waals surface area (Å²) in [5.41, 5.74) is 4.10. The van der Waals surface area contributed by atoms with Crippen LogP contribution >= 0.6 is 15.9 Å². The molecular weight excluding hydrogens is 394 g/mol. The molecule has 1 amide bonds. The van der Waals surface area contributed by atoms with Crippen LogP contribution < -0.4 is 16.1 Å². The van der Waals surface area contributed by atoms with E-state index in [2.05, 4.69) is 26.0 Å². The standard InChI is InChI=1S/C20H16BrN3O2/c1-10-4-6-14(8-11(10)2)24-20(26)17(12(3)23-24)18-15-9-13(21)5-7-16(15)22-19(18)25/h4-9,23H,1-3H3. The van der Waals surface area contributed by atoms with Gasteiger partial charge in [-0.15, -0.1) is 0 Å². The van der Waals surface area contributed by atoms with Crippen LogP contribution in [0.4, 0.5) is 0 Å². The molecule has 0 unspecified atom stereocenters. The van der Waals surface area contributed by atoms with Gasteiger partial charge in [0.1, 0.15) is 0 Å². The summed E-state index contributed by atoms with van der Waals surface area (Å²) in [6.07, 6.45) is 0. The quantitative estimate of drug-likeness (QED) is 0.704. The molecule has 1 N–H and O–H groups in total. The predicted octanol–water partition coefficient (Wildman–Crippen LogP) is 2.21. The van der Waals surface area contributed by atoms with Gasteiger partial charge in [0, 0.05) is 15.4 Å². The molecule has 0 atom stereocenters. The first-order chi connectivity index (χ1) is 12.4. The summed E-state index contributed by atoms with van der Waals surface area (Å²) >= 11 is 3.42. The minimum atomic E-state index is -0.385. The summed E-state index contributed by atoms with van der Waals surface area (Å²) in [4.78, 5) is 29.7. The van der Waals surface area contributed by atoms with Crippen molar-refractivity contribution in [3.63, 3.8) is 0 Å². The second-order valence-electron chi connectivity index (χ2n) is 6.47. The molecule has 1 aliphatic rings. The van der Waals surface area contributed by atoms with Crippen LogP contribution in [0.15, 0.2) is 50.7 Å². The highest BCUT2D eigenvalue weighted by Crippen LogP contribution is 2.18. The van der Waals surface area contributed by atoms with E-state index in [1.165, 1.54) is 4.68 Å². The fraction of sp³-hybridized carbons (Fsp3) is 0.150. The van der Waals surface area contributed by atoms with E-state index in [0.717, 1.165) is 21.3 Å². The van der Waals surface area contributed by atoms with Crippen molar-refractivity contribution in [1.82, 2.24) is 9.78 Å². The maximum absolute atomic E-state index is 13.1. The van der Waals surface area contributed by atoms with E-state index in [1.807, 2.05) is 44.2 Å². The second-order valence-corrected chi connectivity index (χ2v) is 7.39. The number of nitrogens with zero attached hydrogens (tertiary/aromatic N) is 2. The summed E-state index contributed by atoms with van der Waals surface area (Å²) < 4.78 is 2.31. The maximum atomic E-state index is 13.1. The number of benzene rings is 2. The Kier molecular flexibility index (Phi) is 3.80. The number of amides is 1. The van der Waals surface area contributed by atoms with Crippen LogP contribution in [0.3, 0.4) is 0 Å². The number of aromatic amines is 1. The Labute approximate surface area is 157 Å². The molecule has 1 aromatic heterocycles. The predicted molar refractivity (Wildman–Crippen MR) is 103 cm³/mol. The van der Waals surface area contributed by atoms with Gasteiger partial charge in [0.2, 0.25) is 0 Å². The number of rotatable bonds is 2. The van der Waals surface area contributed by atoms with Crippen molar-refractivity contribution in [3.8, 4) is 5.69 Å². The molecule has 0 bridgehead atoms. The molecule has 5 nitrogen and oxygen atoms in total. The maximum Gasteiger partial charge on any atom is 0.279 e. The van der Waals surface area contributed by atoms with Crippen molar-refractivity contribution >= 4 is 27.4 Å². The zero-order chi connectivity index (χ0) is 18.6. The number of halogens is 1. The summed E-state index contributed by atoms with van der Waals surface area (Å²) in [6.45, 7) is 5.82. The topological polar surface area (TPSA) is 67.2 Å². The first-order valence-electron chi connectivity index (χ1n) is 8.19. The van der Waals surface area contributed by atoms with Gasteiger partial charge in [0.05, 0.1) is 22.2 Å². The molecule has 0 spiro atoms. The van der Waals surface area contributed by atoms with Crippen molar-refractivity contribution in [1.29, 1.82) is 0 Å². The van der Waals surface area contributed by atoms with Crippen molar-refractivity contribution in [2.75, 3.05) is 0 Å². The lowest BCUT2D eigenvalue weighted by Gasteiger charge is -2.05. The smallest absolute Gasteiger partial charge is 0.279 e. The van der Waals surface area contributed by atoms with Crippen molar-refractivity contribution < 1.29 is 4.79 Å². The molecule has 1 aliphatic heterocycles. The summed E-state index contributed by atoms with van der Waals surface area (Å²) in [5, 5.41) is 4.36. The number of hydrogen-bond donors (Lipinski definition) is 1. The number of H-pyrrole nitrogens is 1. The summed E-state index contributed by atoms with van der Waals surface area (Å²) in [5.74, 6) is -0.385. The van der Waals surface area contributed by atoms with Crippen LogP contribution in [0.2, 0.25) is 0 Å². The molecule has 3 aromatic rings. The normalized spacial score (nSPS) is 13.1. The molecule has 0 fully saturated rings. The van der Waals surface area contributed by atoms with Crippen LogP contribution in [0.5, 0.6) is 0 Å². The van der Waals surface area contributed by atoms with Crippen molar-refractivity contribution in [2.24, 2.45) is 4.99 Å². The van der Waals surface area contributed by atoms with E-state index in [4.69, 9.17) is 0 Å². The molecule has 0 aliphatic carbocycles. The largest absolute Gasteiger partial charge is 0.295 e. The van der Waals surface area contributed by atoms with Crippen LogP contribution in [-0.2, 0) is 4.79 Å². The summed E-state index contributed by atoms with van der Waals surface area (Å²) in [6, 6.07) is 11.2. The number of aryl methyl sites for hydroxylation is 3. The molecule has 0 saturated carbocycles. The highest BCUT2D eigenvalue weighted by molar-refractivity contribution is 9.10. The lowest BCUT2D eigenvalue weighted by Crippen LogP contribution is -2.26. The van der Waals surface area contributed by atoms with Gasteiger partial charge in [-0.1, -0.05) is 22.0 Å². The first kappa shape index (κ1) is 16.7. The Bertz CT molecular complexity index is 1270. The summed E-state index contributed by atoms with van der Waals surface area (Å²) in [7, 11) is 0. The van der Waals surface area contributed by atoms with Crippen LogP contribution in [0.25, 0.3) is 11.3 Å². The molecule has 0 saturated heterocycles. The van der Waals surface area contributed by atoms with Gasteiger partial charge < -0.3 is 0 Å². The highest BCUT2D eigenvalue weighted by atomic mass is 79.9. The van der Waals surface area contributed by atoms with E-state index < -0.39 is 0 Å². The third-order valence-electron chi connectivity index (χ3n) is 4.73. The molecule has 26 heavy (non-hydrogen) atoms. The van der Waals surface area contributed by atoms with Crippen molar-refractivity contribution in [3.05, 3.63) is 84.2 Å². The lowest BCUT2D eigenvalue weighted by molar-refractivity contribution is -0.112. The first-order valence-corrected chi connectivity index (χ1v) is 8.98. The molecule has 2 aromatic carbocycles. The van der Waals surface area contributed by atoms with Gasteiger partial charge >= 0.3 is 0 Å². The molecular formula is C20H16BrN3O2. The zero-order valence-electron chi connectivity index (χ0n) is 14.6. The fourth-order valence-electron chi connectivity index (χ4n) is 3.22. The van der Waals surface area contributed by atoms with Gasteiger partial charge in [-0.05, 0) is 62.2 Å². The molecule has 6 heteroatoms. The zero-order valence-corrected chi connectivity index (χ0v) is 16.1. The van der Waals surface area contributed by atoms with Crippen LogP contribution in [0, 0.1) is 20.8 Å².